The second-order valence-electron chi connectivity index (χ2n) is 9.56. The van der Waals surface area contributed by atoms with Crippen LogP contribution in [-0.2, 0) is 26.1 Å². The first kappa shape index (κ1) is 21.5. The summed E-state index contributed by atoms with van der Waals surface area (Å²) in [6.45, 7) is 4.05. The molecule has 5 aromatic rings. The zero-order chi connectivity index (χ0) is 25.3. The van der Waals surface area contributed by atoms with Crippen LogP contribution in [0.1, 0.15) is 33.1 Å². The third-order valence-electron chi connectivity index (χ3n) is 7.25. The van der Waals surface area contributed by atoms with Gasteiger partial charge in [0.25, 0.3) is 5.91 Å². The second kappa shape index (κ2) is 7.85. The summed E-state index contributed by atoms with van der Waals surface area (Å²) in [4.78, 5) is 32.1. The standard InChI is InChI=1S/C26H24N10O/c1-14-17(10-30-24-19(14)12-34(2)26(24)37)20-7-15-8-21(29-11-18(15)25(27)31-20)32-22-9-16-3-5-35-6-4-28-23(35)13-36(16)33-22/h4,6-11H,3,5,12-13H2,1-2H3,(H2,27,31)(H,29,32,33). The van der Waals surface area contributed by atoms with E-state index < -0.39 is 0 Å². The van der Waals surface area contributed by atoms with E-state index in [0.29, 0.717) is 36.1 Å². The number of carbonyl (C=O) groups excluding carboxylic acids is 1. The molecule has 0 radical (unpaired) electrons. The molecule has 0 fully saturated rings. The van der Waals surface area contributed by atoms with Crippen LogP contribution in [0.3, 0.4) is 0 Å². The van der Waals surface area contributed by atoms with Crippen molar-refractivity contribution in [2.75, 3.05) is 18.1 Å². The average molecular weight is 493 g/mol. The van der Waals surface area contributed by atoms with Crippen LogP contribution < -0.4 is 11.1 Å². The molecule has 11 heteroatoms. The Morgan fingerprint density at radius 1 is 1.05 bits per heavy atom. The Bertz CT molecular complexity index is 1730. The zero-order valence-corrected chi connectivity index (χ0v) is 20.4. The van der Waals surface area contributed by atoms with Gasteiger partial charge >= 0.3 is 0 Å². The predicted molar refractivity (Wildman–Crippen MR) is 138 cm³/mol. The molecular weight excluding hydrogens is 468 g/mol. The number of pyridine rings is 3. The third kappa shape index (κ3) is 3.42. The maximum Gasteiger partial charge on any atom is 0.272 e. The molecule has 0 aliphatic carbocycles. The number of imidazole rings is 1. The van der Waals surface area contributed by atoms with Crippen LogP contribution >= 0.6 is 0 Å². The van der Waals surface area contributed by atoms with E-state index in [0.717, 1.165) is 57.8 Å². The molecule has 0 unspecified atom stereocenters. The van der Waals surface area contributed by atoms with Gasteiger partial charge in [0.15, 0.2) is 5.82 Å². The van der Waals surface area contributed by atoms with Gasteiger partial charge < -0.3 is 20.5 Å². The Kier molecular flexibility index (Phi) is 4.56. The average Bonchev–Trinajstić information content (AvgIpc) is 3.54. The van der Waals surface area contributed by atoms with E-state index in [1.807, 2.05) is 36.1 Å². The van der Waals surface area contributed by atoms with Gasteiger partial charge in [0.1, 0.15) is 23.2 Å². The lowest BCUT2D eigenvalue weighted by atomic mass is 10.00. The van der Waals surface area contributed by atoms with Crippen LogP contribution in [0, 0.1) is 6.92 Å². The van der Waals surface area contributed by atoms with Crippen molar-refractivity contribution < 1.29 is 4.79 Å². The van der Waals surface area contributed by atoms with Gasteiger partial charge in [0, 0.05) is 79.6 Å². The summed E-state index contributed by atoms with van der Waals surface area (Å²) in [6, 6.07) is 5.99. The van der Waals surface area contributed by atoms with Crippen LogP contribution in [0.2, 0.25) is 0 Å². The smallest absolute Gasteiger partial charge is 0.272 e. The van der Waals surface area contributed by atoms with E-state index in [4.69, 9.17) is 10.8 Å². The fourth-order valence-electron chi connectivity index (χ4n) is 5.20. The topological polar surface area (TPSA) is 133 Å². The van der Waals surface area contributed by atoms with Gasteiger partial charge in [0.2, 0.25) is 0 Å². The van der Waals surface area contributed by atoms with Crippen molar-refractivity contribution >= 4 is 34.1 Å². The molecule has 7 heterocycles. The van der Waals surface area contributed by atoms with Crippen LogP contribution in [-0.4, -0.2) is 52.1 Å². The first-order valence-electron chi connectivity index (χ1n) is 12.1. The Labute approximate surface area is 212 Å². The lowest BCUT2D eigenvalue weighted by Crippen LogP contribution is -2.18. The minimum absolute atomic E-state index is 0.0563. The minimum Gasteiger partial charge on any atom is -0.383 e. The fraction of sp³-hybridized carbons (Fsp3) is 0.231. The highest BCUT2D eigenvalue weighted by Gasteiger charge is 2.29. The summed E-state index contributed by atoms with van der Waals surface area (Å²) in [7, 11) is 1.78. The molecule has 0 aromatic carbocycles. The molecule has 1 amide bonds. The van der Waals surface area contributed by atoms with E-state index in [9.17, 15) is 4.79 Å². The van der Waals surface area contributed by atoms with Gasteiger partial charge in [0.05, 0.1) is 12.2 Å². The minimum atomic E-state index is -0.0563. The molecule has 0 saturated heterocycles. The Morgan fingerprint density at radius 2 is 1.95 bits per heavy atom. The summed E-state index contributed by atoms with van der Waals surface area (Å²) in [5, 5.41) is 9.74. The normalized spacial score (nSPS) is 14.4. The molecule has 0 spiro atoms. The predicted octanol–water partition coefficient (Wildman–Crippen LogP) is 2.91. The highest BCUT2D eigenvalue weighted by Crippen LogP contribution is 2.33. The van der Waals surface area contributed by atoms with E-state index in [2.05, 4.69) is 35.9 Å². The number of carbonyl (C=O) groups is 1. The Hall–Kier alpha value is -4.80. The van der Waals surface area contributed by atoms with E-state index in [-0.39, 0.29) is 5.91 Å². The van der Waals surface area contributed by atoms with Gasteiger partial charge in [-0.3, -0.25) is 9.48 Å². The number of anilines is 3. The number of hydrogen-bond acceptors (Lipinski definition) is 8. The number of nitrogen functional groups attached to an aromatic ring is 1. The highest BCUT2D eigenvalue weighted by molar-refractivity contribution is 5.98. The maximum atomic E-state index is 12.3. The summed E-state index contributed by atoms with van der Waals surface area (Å²) in [5.74, 6) is 2.73. The maximum absolute atomic E-state index is 12.3. The number of amides is 1. The Balaban J connectivity index is 1.22. The first-order valence-corrected chi connectivity index (χ1v) is 12.1. The molecule has 184 valence electrons. The highest BCUT2D eigenvalue weighted by atomic mass is 16.2. The van der Waals surface area contributed by atoms with Crippen molar-refractivity contribution in [2.45, 2.75) is 33.0 Å². The van der Waals surface area contributed by atoms with Crippen molar-refractivity contribution in [1.82, 2.24) is 39.2 Å². The van der Waals surface area contributed by atoms with Crippen LogP contribution in [0.25, 0.3) is 22.0 Å². The molecule has 0 bridgehead atoms. The summed E-state index contributed by atoms with van der Waals surface area (Å²) >= 11 is 0. The quantitative estimate of drug-likeness (QED) is 0.393. The van der Waals surface area contributed by atoms with Gasteiger partial charge in [-0.25, -0.2) is 19.9 Å². The lowest BCUT2D eigenvalue weighted by Gasteiger charge is -2.12. The van der Waals surface area contributed by atoms with E-state index in [1.54, 1.807) is 24.3 Å². The summed E-state index contributed by atoms with van der Waals surface area (Å²) in [5.41, 5.74) is 11.5. The van der Waals surface area contributed by atoms with Crippen LogP contribution in [0.4, 0.5) is 17.5 Å². The summed E-state index contributed by atoms with van der Waals surface area (Å²) < 4.78 is 4.15. The van der Waals surface area contributed by atoms with E-state index in [1.165, 1.54) is 0 Å². The van der Waals surface area contributed by atoms with Crippen molar-refractivity contribution in [3.63, 3.8) is 0 Å². The largest absolute Gasteiger partial charge is 0.383 e. The Morgan fingerprint density at radius 3 is 2.84 bits per heavy atom. The first-order chi connectivity index (χ1) is 17.9. The van der Waals surface area contributed by atoms with Crippen molar-refractivity contribution in [3.05, 3.63) is 71.3 Å². The number of rotatable bonds is 3. The summed E-state index contributed by atoms with van der Waals surface area (Å²) in [6.07, 6.45) is 8.15. The van der Waals surface area contributed by atoms with Gasteiger partial charge in [-0.2, -0.15) is 5.10 Å². The number of aryl methyl sites for hydroxylation is 2. The zero-order valence-electron chi connectivity index (χ0n) is 20.4. The van der Waals surface area contributed by atoms with Crippen molar-refractivity contribution in [3.8, 4) is 11.3 Å². The molecule has 0 saturated carbocycles. The number of aromatic nitrogens is 7. The number of hydrogen-bond donors (Lipinski definition) is 2. The van der Waals surface area contributed by atoms with Gasteiger partial charge in [-0.05, 0) is 30.0 Å². The molecule has 7 rings (SSSR count). The lowest BCUT2D eigenvalue weighted by molar-refractivity contribution is 0.0812. The molecule has 2 aliphatic heterocycles. The molecule has 3 N–H and O–H groups in total. The SMILES string of the molecule is Cc1c(-c2cc3cc(Nc4cc5n(n4)Cc4nccn4CC5)ncc3c(N)n2)cnc2c1CN(C)C2=O. The molecular formula is C26H24N10O. The van der Waals surface area contributed by atoms with Crippen molar-refractivity contribution in [1.29, 1.82) is 0 Å². The number of nitrogens with two attached hydrogens (primary N) is 1. The monoisotopic (exact) mass is 492 g/mol. The second-order valence-corrected chi connectivity index (χ2v) is 9.56. The number of fused-ring (bicyclic) bond motifs is 4. The van der Waals surface area contributed by atoms with Gasteiger partial charge in [-0.15, -0.1) is 0 Å². The number of nitrogens with one attached hydrogen (secondary N) is 1. The molecule has 37 heavy (non-hydrogen) atoms. The van der Waals surface area contributed by atoms with Crippen molar-refractivity contribution in [2.24, 2.45) is 0 Å². The molecule has 5 aromatic heterocycles. The van der Waals surface area contributed by atoms with Crippen LogP contribution in [0.5, 0.6) is 0 Å². The van der Waals surface area contributed by atoms with E-state index >= 15 is 0 Å². The molecule has 2 aliphatic rings. The molecule has 0 atom stereocenters. The van der Waals surface area contributed by atoms with Gasteiger partial charge in [-0.1, -0.05) is 0 Å². The third-order valence-corrected chi connectivity index (χ3v) is 7.25. The van der Waals surface area contributed by atoms with Crippen LogP contribution in [0.15, 0.2) is 43.0 Å². The fourth-order valence-corrected chi connectivity index (χ4v) is 5.20. The molecule has 11 nitrogen and oxygen atoms in total. The number of nitrogens with zero attached hydrogens (tertiary/aromatic N) is 8.